The van der Waals surface area contributed by atoms with Crippen LogP contribution in [0.1, 0.15) is 17.5 Å². The molecule has 1 N–H and O–H groups in total. The van der Waals surface area contributed by atoms with Crippen molar-refractivity contribution in [3.8, 4) is 0 Å². The third kappa shape index (κ3) is 4.54. The summed E-state index contributed by atoms with van der Waals surface area (Å²) in [5, 5.41) is 9.15. The summed E-state index contributed by atoms with van der Waals surface area (Å²) < 4.78 is 4.79. The summed E-state index contributed by atoms with van der Waals surface area (Å²) in [7, 11) is 1.26. The highest BCUT2D eigenvalue weighted by Crippen LogP contribution is 2.26. The molecular formula is C19H18O4. The van der Waals surface area contributed by atoms with Crippen molar-refractivity contribution in [3.63, 3.8) is 0 Å². The van der Waals surface area contributed by atoms with Gasteiger partial charge in [0.05, 0.1) is 19.1 Å². The molecule has 0 aliphatic rings. The number of rotatable bonds is 6. The van der Waals surface area contributed by atoms with Crippen LogP contribution in [0.4, 0.5) is 0 Å². The van der Waals surface area contributed by atoms with E-state index >= 15 is 0 Å². The first-order valence-electron chi connectivity index (χ1n) is 7.23. The number of hydrogen-bond acceptors (Lipinski definition) is 3. The molecule has 0 radical (unpaired) electrons. The maximum Gasteiger partial charge on any atom is 0.334 e. The molecule has 0 saturated carbocycles. The van der Waals surface area contributed by atoms with E-state index in [0.29, 0.717) is 12.0 Å². The number of aliphatic carboxylic acids is 1. The number of ether oxygens (including phenoxy) is 1. The van der Waals surface area contributed by atoms with E-state index in [1.807, 2.05) is 60.7 Å². The molecule has 0 fully saturated rings. The monoisotopic (exact) mass is 310 g/mol. The van der Waals surface area contributed by atoms with E-state index in [1.165, 1.54) is 7.11 Å². The number of esters is 1. The first-order valence-corrected chi connectivity index (χ1v) is 7.23. The van der Waals surface area contributed by atoms with Crippen LogP contribution < -0.4 is 0 Å². The van der Waals surface area contributed by atoms with Crippen molar-refractivity contribution in [3.05, 3.63) is 77.4 Å². The molecule has 0 aliphatic carbocycles. The summed E-state index contributed by atoms with van der Waals surface area (Å²) in [5.41, 5.74) is 2.66. The van der Waals surface area contributed by atoms with Gasteiger partial charge >= 0.3 is 11.9 Å². The Kier molecular flexibility index (Phi) is 5.69. The second-order valence-electron chi connectivity index (χ2n) is 5.05. The van der Waals surface area contributed by atoms with Crippen molar-refractivity contribution < 1.29 is 19.4 Å². The fourth-order valence-electron chi connectivity index (χ4n) is 2.40. The first kappa shape index (κ1) is 16.5. The topological polar surface area (TPSA) is 63.6 Å². The number of carbonyl (C=O) groups excluding carboxylic acids is 1. The maximum absolute atomic E-state index is 12.1. The zero-order valence-corrected chi connectivity index (χ0v) is 12.9. The number of benzene rings is 2. The number of allylic oxidation sites excluding steroid dienone is 1. The van der Waals surface area contributed by atoms with Crippen molar-refractivity contribution in [2.75, 3.05) is 7.11 Å². The lowest BCUT2D eigenvalue weighted by molar-refractivity contribution is -0.141. The molecule has 0 heterocycles. The molecule has 0 aromatic heterocycles. The summed E-state index contributed by atoms with van der Waals surface area (Å²) in [6.45, 7) is 0. The minimum Gasteiger partial charge on any atom is -0.481 e. The van der Waals surface area contributed by atoms with Crippen molar-refractivity contribution >= 4 is 17.5 Å². The molecule has 0 spiro atoms. The Labute approximate surface area is 135 Å². The van der Waals surface area contributed by atoms with Gasteiger partial charge in [0.2, 0.25) is 0 Å². The molecule has 2 aromatic rings. The molecule has 0 saturated heterocycles. The van der Waals surface area contributed by atoms with E-state index in [0.717, 1.165) is 11.1 Å². The maximum atomic E-state index is 12.1. The Bertz CT molecular complexity index is 703. The molecule has 0 unspecified atom stereocenters. The van der Waals surface area contributed by atoms with Gasteiger partial charge in [0.15, 0.2) is 0 Å². The van der Waals surface area contributed by atoms with Crippen molar-refractivity contribution in [1.29, 1.82) is 0 Å². The van der Waals surface area contributed by atoms with Crippen LogP contribution in [-0.4, -0.2) is 24.2 Å². The number of methoxy groups -OCH3 is 1. The second-order valence-corrected chi connectivity index (χ2v) is 5.05. The number of hydrogen-bond donors (Lipinski definition) is 1. The van der Waals surface area contributed by atoms with Gasteiger partial charge in [-0.3, -0.25) is 4.79 Å². The number of carboxylic acids is 1. The third-order valence-corrected chi connectivity index (χ3v) is 3.47. The minimum atomic E-state index is -1.06. The standard InChI is InChI=1S/C19H18O4/c1-23-19(22)17(13-18(20)21)16(15-10-6-3-7-11-15)12-14-8-4-2-5-9-14/h2-11H,12-13H2,1H3,(H,20,21). The van der Waals surface area contributed by atoms with Crippen LogP contribution in [0.5, 0.6) is 0 Å². The zero-order valence-electron chi connectivity index (χ0n) is 12.9. The third-order valence-electron chi connectivity index (χ3n) is 3.47. The molecule has 0 atom stereocenters. The van der Waals surface area contributed by atoms with E-state index in [1.54, 1.807) is 0 Å². The molecule has 0 aliphatic heterocycles. The Morgan fingerprint density at radius 1 is 0.957 bits per heavy atom. The van der Waals surface area contributed by atoms with Gasteiger partial charge < -0.3 is 9.84 Å². The van der Waals surface area contributed by atoms with E-state index in [9.17, 15) is 9.59 Å². The summed E-state index contributed by atoms with van der Waals surface area (Å²) in [6, 6.07) is 18.9. The van der Waals surface area contributed by atoms with Crippen LogP contribution in [0.15, 0.2) is 66.2 Å². The van der Waals surface area contributed by atoms with E-state index in [-0.39, 0.29) is 12.0 Å². The van der Waals surface area contributed by atoms with Crippen LogP contribution in [-0.2, 0) is 20.7 Å². The van der Waals surface area contributed by atoms with Gasteiger partial charge in [-0.1, -0.05) is 60.7 Å². The van der Waals surface area contributed by atoms with E-state index in [2.05, 4.69) is 0 Å². The SMILES string of the molecule is COC(=O)C(CC(=O)O)=C(Cc1ccccc1)c1ccccc1. The Morgan fingerprint density at radius 3 is 2.04 bits per heavy atom. The van der Waals surface area contributed by atoms with Crippen LogP contribution in [0.25, 0.3) is 5.57 Å². The molecule has 4 nitrogen and oxygen atoms in total. The van der Waals surface area contributed by atoms with Crippen LogP contribution in [0.2, 0.25) is 0 Å². The van der Waals surface area contributed by atoms with Gasteiger partial charge in [-0.05, 0) is 23.1 Å². The van der Waals surface area contributed by atoms with Crippen molar-refractivity contribution in [1.82, 2.24) is 0 Å². The lowest BCUT2D eigenvalue weighted by atomic mass is 9.92. The van der Waals surface area contributed by atoms with Crippen molar-refractivity contribution in [2.45, 2.75) is 12.8 Å². The fourth-order valence-corrected chi connectivity index (χ4v) is 2.40. The molecule has 0 amide bonds. The predicted octanol–water partition coefficient (Wildman–Crippen LogP) is 3.33. The smallest absolute Gasteiger partial charge is 0.334 e. The average molecular weight is 310 g/mol. The van der Waals surface area contributed by atoms with Gasteiger partial charge in [0, 0.05) is 0 Å². The highest BCUT2D eigenvalue weighted by atomic mass is 16.5. The highest BCUT2D eigenvalue weighted by Gasteiger charge is 2.20. The second kappa shape index (κ2) is 7.94. The quantitative estimate of drug-likeness (QED) is 0.656. The molecule has 4 heteroatoms. The Hall–Kier alpha value is -2.88. The van der Waals surface area contributed by atoms with Crippen molar-refractivity contribution in [2.24, 2.45) is 0 Å². The largest absolute Gasteiger partial charge is 0.481 e. The fraction of sp³-hybridized carbons (Fsp3) is 0.158. The number of carbonyl (C=O) groups is 2. The predicted molar refractivity (Wildman–Crippen MR) is 87.8 cm³/mol. The van der Waals surface area contributed by atoms with E-state index in [4.69, 9.17) is 9.84 Å². The van der Waals surface area contributed by atoms with Gasteiger partial charge in [-0.2, -0.15) is 0 Å². The average Bonchev–Trinajstić information content (AvgIpc) is 2.58. The Morgan fingerprint density at radius 2 is 1.52 bits per heavy atom. The van der Waals surface area contributed by atoms with Gasteiger partial charge in [0.25, 0.3) is 0 Å². The van der Waals surface area contributed by atoms with Crippen LogP contribution >= 0.6 is 0 Å². The normalized spacial score (nSPS) is 11.5. The minimum absolute atomic E-state index is 0.176. The van der Waals surface area contributed by atoms with E-state index < -0.39 is 11.9 Å². The van der Waals surface area contributed by atoms with Gasteiger partial charge in [-0.15, -0.1) is 0 Å². The van der Waals surface area contributed by atoms with Crippen LogP contribution in [0, 0.1) is 0 Å². The van der Waals surface area contributed by atoms with Crippen LogP contribution in [0.3, 0.4) is 0 Å². The summed E-state index contributed by atoms with van der Waals surface area (Å²) >= 11 is 0. The molecule has 118 valence electrons. The summed E-state index contributed by atoms with van der Waals surface area (Å²) in [5.74, 6) is -1.67. The van der Waals surface area contributed by atoms with Gasteiger partial charge in [0.1, 0.15) is 0 Å². The Balaban J connectivity index is 2.55. The summed E-state index contributed by atoms with van der Waals surface area (Å²) in [4.78, 5) is 23.3. The molecular weight excluding hydrogens is 292 g/mol. The summed E-state index contributed by atoms with van der Waals surface area (Å²) in [6.07, 6.45) is 0.0896. The molecule has 2 aromatic carbocycles. The molecule has 0 bridgehead atoms. The molecule has 23 heavy (non-hydrogen) atoms. The first-order chi connectivity index (χ1) is 11.1. The highest BCUT2D eigenvalue weighted by molar-refractivity contribution is 6.01. The zero-order chi connectivity index (χ0) is 16.7. The molecule has 2 rings (SSSR count). The lowest BCUT2D eigenvalue weighted by Crippen LogP contribution is -2.13. The number of carboxylic acid groups (broad SMARTS) is 1. The lowest BCUT2D eigenvalue weighted by Gasteiger charge is -2.14. The van der Waals surface area contributed by atoms with Gasteiger partial charge in [-0.25, -0.2) is 4.79 Å².